The lowest BCUT2D eigenvalue weighted by molar-refractivity contribution is 0.881. The summed E-state index contributed by atoms with van der Waals surface area (Å²) in [7, 11) is 0. The zero-order valence-electron chi connectivity index (χ0n) is 10.6. The number of rotatable bonds is 3. The van der Waals surface area contributed by atoms with Crippen LogP contribution >= 0.6 is 11.6 Å². The summed E-state index contributed by atoms with van der Waals surface area (Å²) in [6.45, 7) is 0. The van der Waals surface area contributed by atoms with E-state index in [-0.39, 0.29) is 11.4 Å². The Morgan fingerprint density at radius 1 is 1.33 bits per heavy atom. The van der Waals surface area contributed by atoms with Gasteiger partial charge in [-0.25, -0.2) is 4.98 Å². The van der Waals surface area contributed by atoms with E-state index < -0.39 is 0 Å². The van der Waals surface area contributed by atoms with Crippen LogP contribution in [0.4, 0.5) is 5.69 Å². The topological polar surface area (TPSA) is 103 Å². The van der Waals surface area contributed by atoms with Crippen LogP contribution in [0.15, 0.2) is 36.7 Å². The van der Waals surface area contributed by atoms with Crippen molar-refractivity contribution in [1.29, 1.82) is 5.26 Å². The third-order valence-corrected chi connectivity index (χ3v) is 2.98. The molecule has 0 aliphatic carbocycles. The van der Waals surface area contributed by atoms with Crippen molar-refractivity contribution in [1.82, 2.24) is 25.6 Å². The van der Waals surface area contributed by atoms with Crippen LogP contribution < -0.4 is 5.32 Å². The summed E-state index contributed by atoms with van der Waals surface area (Å²) < 4.78 is 0. The maximum absolute atomic E-state index is 9.07. The van der Waals surface area contributed by atoms with Gasteiger partial charge in [-0.05, 0) is 28.8 Å². The Morgan fingerprint density at radius 2 is 2.24 bits per heavy atom. The minimum atomic E-state index is 0.235. The van der Waals surface area contributed by atoms with Crippen molar-refractivity contribution in [2.24, 2.45) is 0 Å². The Bertz CT molecular complexity index is 849. The molecular weight excluding hydrogens is 290 g/mol. The number of hydrogen-bond acceptors (Lipinski definition) is 6. The number of H-pyrrole nitrogens is 1. The molecule has 102 valence electrons. The van der Waals surface area contributed by atoms with Gasteiger partial charge >= 0.3 is 0 Å². The summed E-state index contributed by atoms with van der Waals surface area (Å²) in [5.74, 6) is 0.235. The van der Waals surface area contributed by atoms with Gasteiger partial charge in [0.25, 0.3) is 0 Å². The van der Waals surface area contributed by atoms with E-state index >= 15 is 0 Å². The Kier molecular flexibility index (Phi) is 3.45. The van der Waals surface area contributed by atoms with Gasteiger partial charge in [0.15, 0.2) is 0 Å². The van der Waals surface area contributed by atoms with Crippen LogP contribution in [0.3, 0.4) is 0 Å². The average Bonchev–Trinajstić information content (AvgIpc) is 3.02. The normalized spacial score (nSPS) is 11.3. The van der Waals surface area contributed by atoms with Crippen molar-refractivity contribution in [2.75, 3.05) is 5.32 Å². The molecule has 0 fully saturated rings. The molecule has 0 unspecified atom stereocenters. The van der Waals surface area contributed by atoms with Gasteiger partial charge in [0.1, 0.15) is 16.8 Å². The van der Waals surface area contributed by atoms with Gasteiger partial charge in [-0.15, -0.1) is 10.2 Å². The largest absolute Gasteiger partial charge is 0.360 e. The van der Waals surface area contributed by atoms with E-state index in [2.05, 4.69) is 30.9 Å². The Balaban J connectivity index is 1.88. The molecule has 0 amide bonds. The molecule has 0 spiro atoms. The molecule has 0 atom stereocenters. The second-order valence-corrected chi connectivity index (χ2v) is 4.51. The molecule has 7 nitrogen and oxygen atoms in total. The first-order valence-corrected chi connectivity index (χ1v) is 6.30. The number of benzene rings is 1. The summed E-state index contributed by atoms with van der Waals surface area (Å²) in [5, 5.41) is 27.7. The van der Waals surface area contributed by atoms with Crippen molar-refractivity contribution in [3.05, 3.63) is 47.6 Å². The highest BCUT2D eigenvalue weighted by atomic mass is 35.5. The summed E-state index contributed by atoms with van der Waals surface area (Å²) in [6.07, 6.45) is 3.21. The van der Waals surface area contributed by atoms with Crippen molar-refractivity contribution < 1.29 is 0 Å². The molecule has 21 heavy (non-hydrogen) atoms. The number of tetrazole rings is 1. The molecule has 2 heterocycles. The number of aromatic amines is 1. The van der Waals surface area contributed by atoms with Gasteiger partial charge in [0.05, 0.1) is 0 Å². The lowest BCUT2D eigenvalue weighted by Crippen LogP contribution is -1.93. The fourth-order valence-corrected chi connectivity index (χ4v) is 1.95. The van der Waals surface area contributed by atoms with E-state index in [1.807, 2.05) is 24.3 Å². The number of allylic oxidation sites excluding steroid dienone is 1. The quantitative estimate of drug-likeness (QED) is 0.568. The molecule has 3 aromatic rings. The molecule has 0 radical (unpaired) electrons. The predicted molar refractivity (Wildman–Crippen MR) is 78.1 cm³/mol. The fraction of sp³-hybridized carbons (Fsp3) is 0. The number of anilines is 1. The maximum Gasteiger partial charge on any atom is 0.216 e. The zero-order chi connectivity index (χ0) is 14.7. The van der Waals surface area contributed by atoms with Crippen LogP contribution in [0.2, 0.25) is 5.15 Å². The smallest absolute Gasteiger partial charge is 0.216 e. The van der Waals surface area contributed by atoms with E-state index in [1.54, 1.807) is 12.3 Å². The number of hydrogen-bond donors (Lipinski definition) is 2. The molecular formula is C13H8ClN7. The minimum Gasteiger partial charge on any atom is -0.360 e. The number of nitrogens with one attached hydrogen (secondary N) is 2. The van der Waals surface area contributed by atoms with E-state index in [0.717, 1.165) is 16.5 Å². The first-order chi connectivity index (χ1) is 10.3. The molecule has 0 bridgehead atoms. The van der Waals surface area contributed by atoms with Crippen molar-refractivity contribution >= 4 is 33.6 Å². The molecule has 0 aliphatic rings. The van der Waals surface area contributed by atoms with E-state index in [4.69, 9.17) is 16.9 Å². The lowest BCUT2D eigenvalue weighted by Gasteiger charge is -2.04. The van der Waals surface area contributed by atoms with Crippen LogP contribution in [0, 0.1) is 11.3 Å². The van der Waals surface area contributed by atoms with Crippen LogP contribution in [0.25, 0.3) is 16.3 Å². The van der Waals surface area contributed by atoms with Crippen LogP contribution in [-0.2, 0) is 0 Å². The first-order valence-electron chi connectivity index (χ1n) is 5.92. The molecule has 2 aromatic heterocycles. The Labute approximate surface area is 124 Å². The number of nitriles is 1. The van der Waals surface area contributed by atoms with Crippen LogP contribution in [-0.4, -0.2) is 25.6 Å². The molecule has 0 aliphatic heterocycles. The summed E-state index contributed by atoms with van der Waals surface area (Å²) in [6, 6.07) is 9.49. The summed E-state index contributed by atoms with van der Waals surface area (Å²) in [5.41, 5.74) is 1.08. The lowest BCUT2D eigenvalue weighted by atomic mass is 10.1. The molecule has 0 saturated carbocycles. The standard InChI is InChI=1S/C13H8ClN7/c14-12-4-8-1-2-11(3-9(8)6-17-12)16-7-10(5-15)13-18-20-21-19-13/h1-4,6-7,16H,(H,18,19,20,21). The summed E-state index contributed by atoms with van der Waals surface area (Å²) >= 11 is 5.84. The van der Waals surface area contributed by atoms with Gasteiger partial charge in [-0.1, -0.05) is 17.7 Å². The highest BCUT2D eigenvalue weighted by Crippen LogP contribution is 2.21. The third kappa shape index (κ3) is 2.80. The van der Waals surface area contributed by atoms with Gasteiger partial charge in [-0.3, -0.25) is 0 Å². The van der Waals surface area contributed by atoms with Crippen molar-refractivity contribution in [3.63, 3.8) is 0 Å². The van der Waals surface area contributed by atoms with E-state index in [1.165, 1.54) is 6.20 Å². The summed E-state index contributed by atoms with van der Waals surface area (Å²) in [4.78, 5) is 4.04. The van der Waals surface area contributed by atoms with Crippen molar-refractivity contribution in [2.45, 2.75) is 0 Å². The SMILES string of the molecule is N#CC(=CNc1ccc2cc(Cl)ncc2c1)c1nn[nH]n1. The molecule has 0 saturated heterocycles. The van der Waals surface area contributed by atoms with Crippen molar-refractivity contribution in [3.8, 4) is 6.07 Å². The fourth-order valence-electron chi connectivity index (χ4n) is 1.78. The Hall–Kier alpha value is -2.98. The van der Waals surface area contributed by atoms with Crippen LogP contribution in [0.1, 0.15) is 5.82 Å². The monoisotopic (exact) mass is 297 g/mol. The van der Waals surface area contributed by atoms with E-state index in [9.17, 15) is 0 Å². The van der Waals surface area contributed by atoms with Crippen LogP contribution in [0.5, 0.6) is 0 Å². The second-order valence-electron chi connectivity index (χ2n) is 4.12. The average molecular weight is 298 g/mol. The second kappa shape index (κ2) is 5.56. The van der Waals surface area contributed by atoms with Gasteiger partial charge in [0.2, 0.25) is 5.82 Å². The molecule has 8 heteroatoms. The maximum atomic E-state index is 9.07. The molecule has 3 rings (SSSR count). The first kappa shape index (κ1) is 13.0. The number of halogens is 1. The number of pyridine rings is 1. The van der Waals surface area contributed by atoms with E-state index in [0.29, 0.717) is 5.15 Å². The van der Waals surface area contributed by atoms with Gasteiger partial charge < -0.3 is 5.32 Å². The molecule has 1 aromatic carbocycles. The number of aromatic nitrogens is 5. The van der Waals surface area contributed by atoms with Gasteiger partial charge in [-0.2, -0.15) is 10.5 Å². The number of nitrogens with zero attached hydrogens (tertiary/aromatic N) is 5. The zero-order valence-corrected chi connectivity index (χ0v) is 11.3. The number of fused-ring (bicyclic) bond motifs is 1. The van der Waals surface area contributed by atoms with Gasteiger partial charge in [0, 0.05) is 23.5 Å². The minimum absolute atomic E-state index is 0.235. The third-order valence-electron chi connectivity index (χ3n) is 2.78. The highest BCUT2D eigenvalue weighted by Gasteiger charge is 2.05. The molecule has 2 N–H and O–H groups in total. The Morgan fingerprint density at radius 3 is 3.00 bits per heavy atom. The predicted octanol–water partition coefficient (Wildman–Crippen LogP) is 2.38. The highest BCUT2D eigenvalue weighted by molar-refractivity contribution is 6.30.